The lowest BCUT2D eigenvalue weighted by Crippen LogP contribution is -2.47. The Bertz CT molecular complexity index is 543. The van der Waals surface area contributed by atoms with Crippen molar-refractivity contribution >= 4 is 17.8 Å². The van der Waals surface area contributed by atoms with Crippen molar-refractivity contribution < 1.29 is 29.0 Å². The van der Waals surface area contributed by atoms with Gasteiger partial charge in [-0.2, -0.15) is 0 Å². The molecule has 2 amide bonds. The number of hydrogen-bond donors (Lipinski definition) is 3. The molecule has 1 atom stereocenters. The Morgan fingerprint density at radius 2 is 1.87 bits per heavy atom. The molecule has 1 aromatic carbocycles. The molecule has 0 spiro atoms. The minimum atomic E-state index is -1.16. The van der Waals surface area contributed by atoms with E-state index in [4.69, 9.17) is 9.84 Å². The van der Waals surface area contributed by atoms with Gasteiger partial charge in [0, 0.05) is 5.56 Å². The third-order valence-electron chi connectivity index (χ3n) is 2.84. The lowest BCUT2D eigenvalue weighted by Gasteiger charge is -2.14. The molecule has 8 nitrogen and oxygen atoms in total. The lowest BCUT2D eigenvalue weighted by molar-refractivity contribution is -0.146. The second-order valence-electron chi connectivity index (χ2n) is 4.47. The first kappa shape index (κ1) is 18.4. The molecule has 0 saturated carbocycles. The molecule has 0 aliphatic heterocycles. The van der Waals surface area contributed by atoms with Crippen LogP contribution in [0.15, 0.2) is 24.3 Å². The van der Waals surface area contributed by atoms with Gasteiger partial charge < -0.3 is 25.2 Å². The maximum atomic E-state index is 11.9. The van der Waals surface area contributed by atoms with Crippen molar-refractivity contribution in [3.05, 3.63) is 29.8 Å². The topological polar surface area (TPSA) is 114 Å². The first-order chi connectivity index (χ1) is 11.0. The normalized spacial score (nSPS) is 11.3. The first-order valence-corrected chi connectivity index (χ1v) is 7.00. The number of carbonyl (C=O) groups excluding carboxylic acids is 3. The standard InChI is InChI=1S/C15H20N2O6/c1-3-23-11-6-4-10(5-7-11)14(20)16-8-13(19)17-12(9-18)15(21)22-2/h4-7,12,18H,3,8-9H2,1-2H3,(H,16,20)(H,17,19)/t12-/m1/s1. The number of ether oxygens (including phenoxy) is 2. The van der Waals surface area contributed by atoms with Gasteiger partial charge >= 0.3 is 5.97 Å². The van der Waals surface area contributed by atoms with Gasteiger partial charge in [0.2, 0.25) is 5.91 Å². The van der Waals surface area contributed by atoms with Gasteiger partial charge in [-0.05, 0) is 31.2 Å². The highest BCUT2D eigenvalue weighted by Gasteiger charge is 2.20. The minimum Gasteiger partial charge on any atom is -0.494 e. The Balaban J connectivity index is 2.48. The summed E-state index contributed by atoms with van der Waals surface area (Å²) in [5.74, 6) is -1.18. The van der Waals surface area contributed by atoms with Gasteiger partial charge in [-0.3, -0.25) is 9.59 Å². The smallest absolute Gasteiger partial charge is 0.330 e. The summed E-state index contributed by atoms with van der Waals surface area (Å²) in [5, 5.41) is 13.6. The predicted molar refractivity (Wildman–Crippen MR) is 81.0 cm³/mol. The molecule has 0 saturated heterocycles. The highest BCUT2D eigenvalue weighted by Crippen LogP contribution is 2.11. The highest BCUT2D eigenvalue weighted by molar-refractivity contribution is 5.97. The van der Waals surface area contributed by atoms with E-state index in [-0.39, 0.29) is 6.54 Å². The van der Waals surface area contributed by atoms with Gasteiger partial charge in [0.05, 0.1) is 26.9 Å². The van der Waals surface area contributed by atoms with Crippen molar-refractivity contribution in [1.29, 1.82) is 0 Å². The molecule has 0 radical (unpaired) electrons. The van der Waals surface area contributed by atoms with E-state index in [0.717, 1.165) is 7.11 Å². The molecule has 0 fully saturated rings. The molecular weight excluding hydrogens is 304 g/mol. The van der Waals surface area contributed by atoms with Gasteiger partial charge in [0.15, 0.2) is 6.04 Å². The van der Waals surface area contributed by atoms with Gasteiger partial charge in [-0.15, -0.1) is 0 Å². The van der Waals surface area contributed by atoms with Crippen LogP contribution in [0.1, 0.15) is 17.3 Å². The van der Waals surface area contributed by atoms with Crippen LogP contribution in [0.4, 0.5) is 0 Å². The van der Waals surface area contributed by atoms with Crippen LogP contribution in [0.2, 0.25) is 0 Å². The van der Waals surface area contributed by atoms with E-state index in [2.05, 4.69) is 15.4 Å². The summed E-state index contributed by atoms with van der Waals surface area (Å²) in [6, 6.07) is 5.29. The molecule has 1 rings (SSSR count). The SMILES string of the molecule is CCOc1ccc(C(=O)NCC(=O)N[C@H](CO)C(=O)OC)cc1. The Labute approximate surface area is 133 Å². The van der Waals surface area contributed by atoms with E-state index < -0.39 is 30.4 Å². The number of methoxy groups -OCH3 is 1. The van der Waals surface area contributed by atoms with Crippen LogP contribution >= 0.6 is 0 Å². The van der Waals surface area contributed by atoms with Crippen molar-refractivity contribution in [2.75, 3.05) is 26.9 Å². The third-order valence-corrected chi connectivity index (χ3v) is 2.84. The second kappa shape index (κ2) is 9.42. The number of aliphatic hydroxyl groups excluding tert-OH is 1. The number of nitrogens with one attached hydrogen (secondary N) is 2. The van der Waals surface area contributed by atoms with Crippen molar-refractivity contribution in [3.8, 4) is 5.75 Å². The van der Waals surface area contributed by atoms with Crippen molar-refractivity contribution in [3.63, 3.8) is 0 Å². The summed E-state index contributed by atoms with van der Waals surface area (Å²) in [6.45, 7) is 1.45. The average Bonchev–Trinajstić information content (AvgIpc) is 2.57. The number of esters is 1. The van der Waals surface area contributed by atoms with Crippen LogP contribution in [0.25, 0.3) is 0 Å². The van der Waals surface area contributed by atoms with E-state index in [1.165, 1.54) is 0 Å². The molecule has 0 aliphatic carbocycles. The van der Waals surface area contributed by atoms with Crippen LogP contribution in [-0.2, 0) is 14.3 Å². The van der Waals surface area contributed by atoms with Crippen LogP contribution in [0, 0.1) is 0 Å². The maximum Gasteiger partial charge on any atom is 0.330 e. The molecule has 0 aromatic heterocycles. The summed E-state index contributed by atoms with van der Waals surface area (Å²) in [5.41, 5.74) is 0.368. The number of hydrogen-bond acceptors (Lipinski definition) is 6. The fraction of sp³-hybridized carbons (Fsp3) is 0.400. The summed E-state index contributed by atoms with van der Waals surface area (Å²) in [4.78, 5) is 34.8. The second-order valence-corrected chi connectivity index (χ2v) is 4.47. The molecule has 126 valence electrons. The Morgan fingerprint density at radius 3 is 2.39 bits per heavy atom. The van der Waals surface area contributed by atoms with Gasteiger partial charge in [0.1, 0.15) is 5.75 Å². The van der Waals surface area contributed by atoms with E-state index in [1.54, 1.807) is 24.3 Å². The highest BCUT2D eigenvalue weighted by atomic mass is 16.5. The molecule has 0 unspecified atom stereocenters. The monoisotopic (exact) mass is 324 g/mol. The zero-order chi connectivity index (χ0) is 17.2. The molecule has 0 aliphatic rings. The quantitative estimate of drug-likeness (QED) is 0.554. The number of carbonyl (C=O) groups is 3. The Kier molecular flexibility index (Phi) is 7.55. The number of rotatable bonds is 8. The third kappa shape index (κ3) is 5.95. The van der Waals surface area contributed by atoms with Crippen molar-refractivity contribution in [2.45, 2.75) is 13.0 Å². The van der Waals surface area contributed by atoms with Crippen LogP contribution in [-0.4, -0.2) is 55.8 Å². The van der Waals surface area contributed by atoms with E-state index in [0.29, 0.717) is 17.9 Å². The maximum absolute atomic E-state index is 11.9. The van der Waals surface area contributed by atoms with E-state index in [9.17, 15) is 14.4 Å². The molecular formula is C15H20N2O6. The minimum absolute atomic E-state index is 0.334. The molecule has 8 heteroatoms. The largest absolute Gasteiger partial charge is 0.494 e. The van der Waals surface area contributed by atoms with Crippen LogP contribution in [0.5, 0.6) is 5.75 Å². The molecule has 0 heterocycles. The van der Waals surface area contributed by atoms with Crippen LogP contribution in [0.3, 0.4) is 0 Å². The van der Waals surface area contributed by atoms with E-state index >= 15 is 0 Å². The Hall–Kier alpha value is -2.61. The summed E-state index contributed by atoms with van der Waals surface area (Å²) in [7, 11) is 1.14. The molecule has 0 bridgehead atoms. The van der Waals surface area contributed by atoms with E-state index in [1.807, 2.05) is 6.92 Å². The van der Waals surface area contributed by atoms with Crippen molar-refractivity contribution in [2.24, 2.45) is 0 Å². The zero-order valence-electron chi connectivity index (χ0n) is 13.0. The molecule has 3 N–H and O–H groups in total. The summed E-state index contributed by atoms with van der Waals surface area (Å²) in [6.07, 6.45) is 0. The number of benzene rings is 1. The van der Waals surface area contributed by atoms with Crippen LogP contribution < -0.4 is 15.4 Å². The molecule has 1 aromatic rings. The number of amides is 2. The summed E-state index contributed by atoms with van der Waals surface area (Å²) >= 11 is 0. The Morgan fingerprint density at radius 1 is 1.22 bits per heavy atom. The number of aliphatic hydroxyl groups is 1. The summed E-state index contributed by atoms with van der Waals surface area (Å²) < 4.78 is 9.68. The van der Waals surface area contributed by atoms with Gasteiger partial charge in [-0.25, -0.2) is 4.79 Å². The first-order valence-electron chi connectivity index (χ1n) is 7.00. The van der Waals surface area contributed by atoms with Gasteiger partial charge in [0.25, 0.3) is 5.91 Å². The lowest BCUT2D eigenvalue weighted by atomic mass is 10.2. The van der Waals surface area contributed by atoms with Crippen molar-refractivity contribution in [1.82, 2.24) is 10.6 Å². The van der Waals surface area contributed by atoms with Gasteiger partial charge in [-0.1, -0.05) is 0 Å². The molecule has 23 heavy (non-hydrogen) atoms. The average molecular weight is 324 g/mol. The fourth-order valence-corrected chi connectivity index (χ4v) is 1.70. The fourth-order valence-electron chi connectivity index (χ4n) is 1.70. The zero-order valence-corrected chi connectivity index (χ0v) is 13.0. The predicted octanol–water partition coefficient (Wildman–Crippen LogP) is -0.535.